The minimum atomic E-state index is -0.261. The van der Waals surface area contributed by atoms with Crippen molar-refractivity contribution in [1.29, 1.82) is 0 Å². The van der Waals surface area contributed by atoms with Gasteiger partial charge in [0.1, 0.15) is 5.69 Å². The van der Waals surface area contributed by atoms with Crippen molar-refractivity contribution in [3.63, 3.8) is 0 Å². The van der Waals surface area contributed by atoms with Crippen LogP contribution in [0.1, 0.15) is 21.7 Å². The van der Waals surface area contributed by atoms with E-state index < -0.39 is 0 Å². The maximum atomic E-state index is 11.8. The minimum Gasteiger partial charge on any atom is -0.361 e. The van der Waals surface area contributed by atoms with E-state index in [1.807, 2.05) is 24.4 Å². The van der Waals surface area contributed by atoms with Gasteiger partial charge in [0.25, 0.3) is 5.91 Å². The number of aromatic nitrogens is 3. The highest BCUT2D eigenvalue weighted by atomic mass is 16.6. The van der Waals surface area contributed by atoms with Crippen LogP contribution in [0.5, 0.6) is 0 Å². The second-order valence-electron chi connectivity index (χ2n) is 4.56. The van der Waals surface area contributed by atoms with E-state index in [0.717, 1.165) is 11.9 Å². The number of hydrogen-bond donors (Lipinski definition) is 2. The number of H-pyrrole nitrogens is 1. The van der Waals surface area contributed by atoms with E-state index in [2.05, 4.69) is 31.3 Å². The lowest BCUT2D eigenvalue weighted by Crippen LogP contribution is -2.26. The summed E-state index contributed by atoms with van der Waals surface area (Å²) in [5.41, 5.74) is 3.01. The van der Waals surface area contributed by atoms with Gasteiger partial charge in [0, 0.05) is 23.6 Å². The summed E-state index contributed by atoms with van der Waals surface area (Å²) in [5, 5.41) is 11.2. The average Bonchev–Trinajstić information content (AvgIpc) is 3.05. The van der Waals surface area contributed by atoms with E-state index in [4.69, 9.17) is 0 Å². The quantitative estimate of drug-likeness (QED) is 0.757. The Morgan fingerprint density at radius 2 is 2.20 bits per heavy atom. The fourth-order valence-corrected chi connectivity index (χ4v) is 2.17. The molecule has 0 spiro atoms. The number of carbonyl (C=O) groups excluding carboxylic acids is 1. The molecule has 0 unspecified atom stereocenters. The largest absolute Gasteiger partial charge is 0.361 e. The first-order valence-electron chi connectivity index (χ1n) is 6.38. The van der Waals surface area contributed by atoms with Crippen LogP contribution in [0.2, 0.25) is 0 Å². The van der Waals surface area contributed by atoms with Gasteiger partial charge in [-0.2, -0.15) is 0 Å². The number of aromatic amines is 1. The second kappa shape index (κ2) is 5.16. The van der Waals surface area contributed by atoms with Crippen LogP contribution < -0.4 is 5.32 Å². The lowest BCUT2D eigenvalue weighted by atomic mass is 10.1. The van der Waals surface area contributed by atoms with Gasteiger partial charge in [-0.3, -0.25) is 4.79 Å². The number of para-hydroxylation sites is 1. The highest BCUT2D eigenvalue weighted by Gasteiger charge is 2.14. The number of hydrogen-bond acceptors (Lipinski definition) is 4. The number of fused-ring (bicyclic) bond motifs is 1. The van der Waals surface area contributed by atoms with Crippen LogP contribution in [0.4, 0.5) is 0 Å². The molecular weight excluding hydrogens is 256 g/mol. The Labute approximate surface area is 115 Å². The molecule has 3 aromatic rings. The number of aryl methyl sites for hydroxylation is 1. The monoisotopic (exact) mass is 270 g/mol. The molecule has 0 bridgehead atoms. The van der Waals surface area contributed by atoms with Crippen LogP contribution in [0.15, 0.2) is 35.1 Å². The summed E-state index contributed by atoms with van der Waals surface area (Å²) in [4.78, 5) is 15.1. The smallest absolute Gasteiger partial charge is 0.275 e. The van der Waals surface area contributed by atoms with Crippen molar-refractivity contribution in [2.75, 3.05) is 6.54 Å². The lowest BCUT2D eigenvalue weighted by molar-refractivity contribution is 0.0944. The Balaban J connectivity index is 1.63. The third kappa shape index (κ3) is 2.27. The van der Waals surface area contributed by atoms with Crippen molar-refractivity contribution >= 4 is 16.8 Å². The minimum absolute atomic E-state index is 0.240. The fraction of sp³-hybridized carbons (Fsp3) is 0.214. The first-order chi connectivity index (χ1) is 9.75. The molecule has 0 atom stereocenters. The van der Waals surface area contributed by atoms with E-state index in [0.29, 0.717) is 12.2 Å². The molecule has 2 N–H and O–H groups in total. The van der Waals surface area contributed by atoms with Crippen LogP contribution in [0, 0.1) is 6.92 Å². The topological polar surface area (TPSA) is 83.8 Å². The van der Waals surface area contributed by atoms with Gasteiger partial charge in [-0.25, -0.2) is 4.63 Å². The molecule has 1 aromatic carbocycles. The molecule has 6 nitrogen and oxygen atoms in total. The normalized spacial score (nSPS) is 10.8. The van der Waals surface area contributed by atoms with Gasteiger partial charge in [0.05, 0.1) is 0 Å². The van der Waals surface area contributed by atoms with Crippen molar-refractivity contribution in [2.24, 2.45) is 0 Å². The molecule has 0 radical (unpaired) electrons. The third-order valence-corrected chi connectivity index (χ3v) is 3.22. The second-order valence-corrected chi connectivity index (χ2v) is 4.56. The van der Waals surface area contributed by atoms with Gasteiger partial charge in [0.15, 0.2) is 5.69 Å². The predicted octanol–water partition coefficient (Wildman–Crippen LogP) is 1.83. The third-order valence-electron chi connectivity index (χ3n) is 3.22. The molecular formula is C14H14N4O2. The number of nitrogens with zero attached hydrogens (tertiary/aromatic N) is 2. The summed E-state index contributed by atoms with van der Waals surface area (Å²) in [5.74, 6) is -0.261. The van der Waals surface area contributed by atoms with Gasteiger partial charge in [0.2, 0.25) is 0 Å². The molecule has 20 heavy (non-hydrogen) atoms. The first kappa shape index (κ1) is 12.4. The zero-order valence-corrected chi connectivity index (χ0v) is 11.0. The molecule has 2 heterocycles. The Morgan fingerprint density at radius 1 is 1.35 bits per heavy atom. The van der Waals surface area contributed by atoms with Gasteiger partial charge in [-0.1, -0.05) is 23.4 Å². The van der Waals surface area contributed by atoms with Crippen LogP contribution >= 0.6 is 0 Å². The Hall–Kier alpha value is -2.63. The van der Waals surface area contributed by atoms with Gasteiger partial charge in [-0.15, -0.1) is 0 Å². The zero-order chi connectivity index (χ0) is 13.9. The lowest BCUT2D eigenvalue weighted by Gasteiger charge is -2.02. The number of benzene rings is 1. The summed E-state index contributed by atoms with van der Waals surface area (Å²) in [6.07, 6.45) is 2.72. The molecule has 0 aliphatic rings. The molecule has 0 fully saturated rings. The van der Waals surface area contributed by atoms with E-state index in [9.17, 15) is 4.79 Å². The van der Waals surface area contributed by atoms with E-state index in [1.54, 1.807) is 6.92 Å². The SMILES string of the molecule is Cc1nonc1C(=O)NCCc1c[nH]c2ccccc12. The summed E-state index contributed by atoms with van der Waals surface area (Å²) in [6.45, 7) is 2.22. The zero-order valence-electron chi connectivity index (χ0n) is 11.0. The van der Waals surface area contributed by atoms with Crippen LogP contribution in [-0.2, 0) is 6.42 Å². The Kier molecular flexibility index (Phi) is 3.20. The number of amides is 1. The standard InChI is InChI=1S/C14H14N4O2/c1-9-13(18-20-17-9)14(19)15-7-6-10-8-16-12-5-3-2-4-11(10)12/h2-5,8,16H,6-7H2,1H3,(H,15,19). The number of carbonyl (C=O) groups is 1. The molecule has 0 saturated heterocycles. The van der Waals surface area contributed by atoms with Crippen LogP contribution in [0.25, 0.3) is 10.9 Å². The van der Waals surface area contributed by atoms with Crippen LogP contribution in [0.3, 0.4) is 0 Å². The predicted molar refractivity (Wildman–Crippen MR) is 73.4 cm³/mol. The van der Waals surface area contributed by atoms with Gasteiger partial charge < -0.3 is 10.3 Å². The Morgan fingerprint density at radius 3 is 3.00 bits per heavy atom. The molecule has 0 aliphatic heterocycles. The van der Waals surface area contributed by atoms with Crippen molar-refractivity contribution in [3.05, 3.63) is 47.4 Å². The summed E-state index contributed by atoms with van der Waals surface area (Å²) in [7, 11) is 0. The van der Waals surface area contributed by atoms with E-state index in [1.165, 1.54) is 10.9 Å². The summed E-state index contributed by atoms with van der Waals surface area (Å²) in [6, 6.07) is 8.09. The van der Waals surface area contributed by atoms with Crippen molar-refractivity contribution in [1.82, 2.24) is 20.6 Å². The molecule has 1 amide bonds. The Bertz CT molecular complexity index is 744. The fourth-order valence-electron chi connectivity index (χ4n) is 2.17. The van der Waals surface area contributed by atoms with Gasteiger partial charge in [-0.05, 0) is 30.1 Å². The van der Waals surface area contributed by atoms with Gasteiger partial charge >= 0.3 is 0 Å². The number of nitrogens with one attached hydrogen (secondary N) is 2. The maximum absolute atomic E-state index is 11.8. The van der Waals surface area contributed by atoms with Crippen molar-refractivity contribution < 1.29 is 9.42 Å². The highest BCUT2D eigenvalue weighted by molar-refractivity contribution is 5.93. The summed E-state index contributed by atoms with van der Waals surface area (Å²) >= 11 is 0. The van der Waals surface area contributed by atoms with Crippen molar-refractivity contribution in [2.45, 2.75) is 13.3 Å². The van der Waals surface area contributed by atoms with E-state index in [-0.39, 0.29) is 11.6 Å². The molecule has 6 heteroatoms. The molecule has 3 rings (SSSR count). The maximum Gasteiger partial charge on any atom is 0.275 e. The molecule has 2 aromatic heterocycles. The molecule has 0 aliphatic carbocycles. The molecule has 0 saturated carbocycles. The first-order valence-corrected chi connectivity index (χ1v) is 6.38. The average molecular weight is 270 g/mol. The highest BCUT2D eigenvalue weighted by Crippen LogP contribution is 2.17. The van der Waals surface area contributed by atoms with Crippen molar-refractivity contribution in [3.8, 4) is 0 Å². The summed E-state index contributed by atoms with van der Waals surface area (Å²) < 4.78 is 4.51. The number of rotatable bonds is 4. The van der Waals surface area contributed by atoms with Crippen LogP contribution in [-0.4, -0.2) is 27.7 Å². The molecule has 102 valence electrons. The van der Waals surface area contributed by atoms with E-state index >= 15 is 0 Å².